The molecule has 1 aromatic rings. The molecule has 0 unspecified atom stereocenters. The second-order valence-electron chi connectivity index (χ2n) is 4.77. The van der Waals surface area contributed by atoms with Gasteiger partial charge < -0.3 is 10.6 Å². The van der Waals surface area contributed by atoms with E-state index in [1.807, 2.05) is 38.3 Å². The normalized spacial score (nSPS) is 12.5. The number of rotatable bonds is 7. The molecule has 1 atom stereocenters. The number of hydrogen-bond acceptors (Lipinski definition) is 4. The third kappa shape index (κ3) is 5.20. The molecule has 0 bridgehead atoms. The summed E-state index contributed by atoms with van der Waals surface area (Å²) in [7, 11) is 0. The highest BCUT2D eigenvalue weighted by molar-refractivity contribution is 7.98. The quantitative estimate of drug-likeness (QED) is 0.829. The van der Waals surface area contributed by atoms with Crippen molar-refractivity contribution in [2.24, 2.45) is 5.73 Å². The van der Waals surface area contributed by atoms with Gasteiger partial charge in [0.05, 0.1) is 18.3 Å². The molecule has 0 spiro atoms. The molecule has 5 heteroatoms. The van der Waals surface area contributed by atoms with E-state index < -0.39 is 6.04 Å². The summed E-state index contributed by atoms with van der Waals surface area (Å²) in [5, 5.41) is 0. The molecule has 106 valence electrons. The van der Waals surface area contributed by atoms with Gasteiger partial charge in [-0.15, -0.1) is 0 Å². The first-order valence-corrected chi connectivity index (χ1v) is 7.90. The Balaban J connectivity index is 2.69. The molecule has 1 heterocycles. The average Bonchev–Trinajstić information content (AvgIpc) is 2.42. The topological polar surface area (TPSA) is 59.2 Å². The lowest BCUT2D eigenvalue weighted by molar-refractivity contribution is -0.135. The van der Waals surface area contributed by atoms with Crippen LogP contribution >= 0.6 is 11.8 Å². The summed E-state index contributed by atoms with van der Waals surface area (Å²) < 4.78 is 0. The van der Waals surface area contributed by atoms with E-state index in [0.29, 0.717) is 13.0 Å². The minimum absolute atomic E-state index is 0.00898. The maximum atomic E-state index is 12.4. The fourth-order valence-corrected chi connectivity index (χ4v) is 2.25. The zero-order valence-corrected chi connectivity index (χ0v) is 12.7. The molecule has 0 aliphatic heterocycles. The molecule has 0 aromatic carbocycles. The summed E-state index contributed by atoms with van der Waals surface area (Å²) in [6.07, 6.45) is 4.47. The first-order valence-electron chi connectivity index (χ1n) is 6.51. The highest BCUT2D eigenvalue weighted by atomic mass is 32.2. The Hall–Kier alpha value is -1.07. The molecule has 0 saturated carbocycles. The smallest absolute Gasteiger partial charge is 0.240 e. The monoisotopic (exact) mass is 281 g/mol. The van der Waals surface area contributed by atoms with Gasteiger partial charge in [0.1, 0.15) is 0 Å². The fraction of sp³-hybridized carbons (Fsp3) is 0.571. The van der Waals surface area contributed by atoms with E-state index in [4.69, 9.17) is 5.73 Å². The van der Waals surface area contributed by atoms with Gasteiger partial charge in [0.25, 0.3) is 0 Å². The summed E-state index contributed by atoms with van der Waals surface area (Å²) >= 11 is 1.71. The van der Waals surface area contributed by atoms with Gasteiger partial charge in [0.2, 0.25) is 5.91 Å². The second-order valence-corrected chi connectivity index (χ2v) is 5.75. The Morgan fingerprint density at radius 1 is 1.47 bits per heavy atom. The number of carbonyl (C=O) groups excluding carboxylic acids is 1. The van der Waals surface area contributed by atoms with Crippen molar-refractivity contribution in [3.63, 3.8) is 0 Å². The van der Waals surface area contributed by atoms with Crippen molar-refractivity contribution >= 4 is 17.7 Å². The van der Waals surface area contributed by atoms with Crippen LogP contribution in [0, 0.1) is 0 Å². The van der Waals surface area contributed by atoms with E-state index in [0.717, 1.165) is 11.4 Å². The van der Waals surface area contributed by atoms with Crippen LogP contribution in [-0.4, -0.2) is 39.9 Å². The van der Waals surface area contributed by atoms with Crippen LogP contribution in [0.5, 0.6) is 0 Å². The summed E-state index contributed by atoms with van der Waals surface area (Å²) in [6, 6.07) is 5.43. The van der Waals surface area contributed by atoms with E-state index in [9.17, 15) is 4.79 Å². The van der Waals surface area contributed by atoms with Gasteiger partial charge in [-0.25, -0.2) is 0 Å². The number of pyridine rings is 1. The predicted octanol–water partition coefficient (Wildman–Crippen LogP) is 1.90. The van der Waals surface area contributed by atoms with Crippen LogP contribution in [0.3, 0.4) is 0 Å². The Bertz CT molecular complexity index is 384. The molecular formula is C14H23N3OS. The SMILES string of the molecule is CSCC[C@H](N)C(=O)N(Cc1ccccn1)C(C)C. The lowest BCUT2D eigenvalue weighted by atomic mass is 10.1. The lowest BCUT2D eigenvalue weighted by Gasteiger charge is -2.29. The Morgan fingerprint density at radius 2 is 2.21 bits per heavy atom. The van der Waals surface area contributed by atoms with Gasteiger partial charge in [-0.1, -0.05) is 6.07 Å². The van der Waals surface area contributed by atoms with E-state index in [-0.39, 0.29) is 11.9 Å². The first-order chi connectivity index (χ1) is 9.06. The summed E-state index contributed by atoms with van der Waals surface area (Å²) in [5.74, 6) is 0.914. The van der Waals surface area contributed by atoms with Gasteiger partial charge in [0.15, 0.2) is 0 Å². The van der Waals surface area contributed by atoms with Crippen molar-refractivity contribution in [1.82, 2.24) is 9.88 Å². The molecule has 1 rings (SSSR count). The minimum Gasteiger partial charge on any atom is -0.333 e. The highest BCUT2D eigenvalue weighted by Gasteiger charge is 2.23. The second kappa shape index (κ2) is 8.17. The van der Waals surface area contributed by atoms with Gasteiger partial charge in [0, 0.05) is 12.2 Å². The van der Waals surface area contributed by atoms with Crippen molar-refractivity contribution in [3.8, 4) is 0 Å². The van der Waals surface area contributed by atoms with Gasteiger partial charge in [-0.05, 0) is 44.4 Å². The van der Waals surface area contributed by atoms with Gasteiger partial charge in [-0.2, -0.15) is 11.8 Å². The van der Waals surface area contributed by atoms with E-state index >= 15 is 0 Å². The van der Waals surface area contributed by atoms with Crippen LogP contribution < -0.4 is 5.73 Å². The van der Waals surface area contributed by atoms with Crippen LogP contribution in [0.2, 0.25) is 0 Å². The molecule has 4 nitrogen and oxygen atoms in total. The molecule has 1 aromatic heterocycles. The van der Waals surface area contributed by atoms with E-state index in [1.165, 1.54) is 0 Å². The predicted molar refractivity (Wildman–Crippen MR) is 80.9 cm³/mol. The number of thioether (sulfide) groups is 1. The maximum absolute atomic E-state index is 12.4. The zero-order valence-electron chi connectivity index (χ0n) is 11.9. The fourth-order valence-electron chi connectivity index (χ4n) is 1.76. The standard InChI is InChI=1S/C14H23N3OS/c1-11(2)17(10-12-6-4-5-8-16-12)14(18)13(15)7-9-19-3/h4-6,8,11,13H,7,9-10,15H2,1-3H3/t13-/m0/s1. The molecule has 1 amide bonds. The maximum Gasteiger partial charge on any atom is 0.240 e. The molecule has 0 fully saturated rings. The molecular weight excluding hydrogens is 258 g/mol. The van der Waals surface area contributed by atoms with Crippen LogP contribution in [-0.2, 0) is 11.3 Å². The van der Waals surface area contributed by atoms with Crippen molar-refractivity contribution in [2.45, 2.75) is 38.9 Å². The first kappa shape index (κ1) is 16.0. The zero-order chi connectivity index (χ0) is 14.3. The number of hydrogen-bond donors (Lipinski definition) is 1. The molecule has 0 aliphatic rings. The van der Waals surface area contributed by atoms with Gasteiger partial charge in [-0.3, -0.25) is 9.78 Å². The summed E-state index contributed by atoms with van der Waals surface area (Å²) in [6.45, 7) is 4.52. The number of carbonyl (C=O) groups is 1. The molecule has 0 radical (unpaired) electrons. The lowest BCUT2D eigenvalue weighted by Crippen LogP contribution is -2.46. The molecule has 19 heavy (non-hydrogen) atoms. The van der Waals surface area contributed by atoms with E-state index in [1.54, 1.807) is 22.9 Å². The Kier molecular flexibility index (Phi) is 6.87. The molecule has 0 aliphatic carbocycles. The number of nitrogens with two attached hydrogens (primary N) is 1. The third-order valence-corrected chi connectivity index (χ3v) is 3.56. The van der Waals surface area contributed by atoms with Crippen LogP contribution in [0.1, 0.15) is 26.0 Å². The Morgan fingerprint density at radius 3 is 2.74 bits per heavy atom. The van der Waals surface area contributed by atoms with Crippen LogP contribution in [0.4, 0.5) is 0 Å². The van der Waals surface area contributed by atoms with Crippen LogP contribution in [0.15, 0.2) is 24.4 Å². The molecule has 2 N–H and O–H groups in total. The van der Waals surface area contributed by atoms with Crippen LogP contribution in [0.25, 0.3) is 0 Å². The van der Waals surface area contributed by atoms with Gasteiger partial charge >= 0.3 is 0 Å². The van der Waals surface area contributed by atoms with Crippen molar-refractivity contribution in [3.05, 3.63) is 30.1 Å². The molecule has 0 saturated heterocycles. The largest absolute Gasteiger partial charge is 0.333 e. The minimum atomic E-state index is -0.418. The van der Waals surface area contributed by atoms with Crippen molar-refractivity contribution in [1.29, 1.82) is 0 Å². The number of nitrogens with zero attached hydrogens (tertiary/aromatic N) is 2. The van der Waals surface area contributed by atoms with Crippen molar-refractivity contribution in [2.75, 3.05) is 12.0 Å². The van der Waals surface area contributed by atoms with E-state index in [2.05, 4.69) is 4.98 Å². The van der Waals surface area contributed by atoms with Crippen molar-refractivity contribution < 1.29 is 4.79 Å². The third-order valence-electron chi connectivity index (χ3n) is 2.92. The summed E-state index contributed by atoms with van der Waals surface area (Å²) in [5.41, 5.74) is 6.86. The number of aromatic nitrogens is 1. The summed E-state index contributed by atoms with van der Waals surface area (Å²) in [4.78, 5) is 18.4. The Labute approximate surface area is 119 Å². The highest BCUT2D eigenvalue weighted by Crippen LogP contribution is 2.10. The average molecular weight is 281 g/mol. The number of amides is 1.